The molecule has 0 aliphatic rings. The molecule has 1 amide bonds. The molecule has 0 aliphatic carbocycles. The number of para-hydroxylation sites is 1. The molecule has 28 heavy (non-hydrogen) atoms. The van der Waals surface area contributed by atoms with E-state index in [1.165, 1.54) is 12.4 Å². The van der Waals surface area contributed by atoms with Crippen molar-refractivity contribution in [2.45, 2.75) is 33.8 Å². The van der Waals surface area contributed by atoms with Gasteiger partial charge in [0.05, 0.1) is 11.7 Å². The molecule has 0 saturated carbocycles. The van der Waals surface area contributed by atoms with Crippen LogP contribution in [0.5, 0.6) is 5.75 Å². The van der Waals surface area contributed by atoms with Crippen molar-refractivity contribution in [1.82, 2.24) is 9.97 Å². The highest BCUT2D eigenvalue weighted by atomic mass is 16.5. The third-order valence-electron chi connectivity index (χ3n) is 4.12. The van der Waals surface area contributed by atoms with E-state index in [9.17, 15) is 4.79 Å². The van der Waals surface area contributed by atoms with Gasteiger partial charge in [-0.2, -0.15) is 0 Å². The van der Waals surface area contributed by atoms with E-state index in [1.54, 1.807) is 0 Å². The first-order valence-corrected chi connectivity index (χ1v) is 9.15. The normalized spacial score (nSPS) is 10.6. The van der Waals surface area contributed by atoms with Crippen molar-refractivity contribution < 1.29 is 9.53 Å². The number of carbonyl (C=O) groups is 1. The number of amides is 1. The smallest absolute Gasteiger partial charge is 0.258 e. The second-order valence-corrected chi connectivity index (χ2v) is 6.83. The Morgan fingerprint density at radius 1 is 0.964 bits per heavy atom. The van der Waals surface area contributed by atoms with Crippen LogP contribution >= 0.6 is 0 Å². The summed E-state index contributed by atoms with van der Waals surface area (Å²) in [4.78, 5) is 21.0. The van der Waals surface area contributed by atoms with Crippen molar-refractivity contribution >= 4 is 23.2 Å². The van der Waals surface area contributed by atoms with Crippen LogP contribution in [0.4, 0.5) is 17.3 Å². The van der Waals surface area contributed by atoms with Gasteiger partial charge in [0.1, 0.15) is 5.75 Å². The number of hydrogen-bond donors (Lipinski definition) is 2. The highest BCUT2D eigenvalue weighted by Gasteiger charge is 2.11. The van der Waals surface area contributed by atoms with E-state index in [1.807, 2.05) is 70.2 Å². The van der Waals surface area contributed by atoms with Gasteiger partial charge < -0.3 is 15.4 Å². The summed E-state index contributed by atoms with van der Waals surface area (Å²) in [5.74, 6) is 0.986. The Morgan fingerprint density at radius 2 is 1.57 bits per heavy atom. The molecule has 0 atom stereocenters. The van der Waals surface area contributed by atoms with Crippen molar-refractivity contribution in [1.29, 1.82) is 0 Å². The van der Waals surface area contributed by atoms with Crippen molar-refractivity contribution in [3.63, 3.8) is 0 Å². The Bertz CT molecular complexity index is 931. The van der Waals surface area contributed by atoms with Gasteiger partial charge in [-0.05, 0) is 63.1 Å². The number of ether oxygens (including phenoxy) is 1. The van der Waals surface area contributed by atoms with Gasteiger partial charge in [0.15, 0.2) is 0 Å². The lowest BCUT2D eigenvalue weighted by Gasteiger charge is -2.12. The van der Waals surface area contributed by atoms with Crippen LogP contribution in [-0.4, -0.2) is 22.0 Å². The molecule has 2 N–H and O–H groups in total. The van der Waals surface area contributed by atoms with E-state index in [0.29, 0.717) is 11.5 Å². The average Bonchev–Trinajstić information content (AvgIpc) is 2.66. The van der Waals surface area contributed by atoms with Crippen LogP contribution < -0.4 is 15.4 Å². The Balaban J connectivity index is 1.65. The summed E-state index contributed by atoms with van der Waals surface area (Å²) in [6, 6.07) is 13.4. The summed E-state index contributed by atoms with van der Waals surface area (Å²) in [5, 5.41) is 6.04. The first-order chi connectivity index (χ1) is 13.4. The number of aromatic nitrogens is 2. The highest BCUT2D eigenvalue weighted by Crippen LogP contribution is 2.21. The molecule has 0 spiro atoms. The first kappa shape index (κ1) is 19.4. The summed E-state index contributed by atoms with van der Waals surface area (Å²) in [5.41, 5.74) is 4.08. The summed E-state index contributed by atoms with van der Waals surface area (Å²) in [7, 11) is 0. The number of benzene rings is 2. The molecule has 0 radical (unpaired) electrons. The molecule has 0 saturated heterocycles. The van der Waals surface area contributed by atoms with Crippen LogP contribution in [0.25, 0.3) is 0 Å². The van der Waals surface area contributed by atoms with E-state index in [-0.39, 0.29) is 12.0 Å². The molecule has 1 heterocycles. The first-order valence-electron chi connectivity index (χ1n) is 9.15. The van der Waals surface area contributed by atoms with Gasteiger partial charge in [0.2, 0.25) is 5.95 Å². The van der Waals surface area contributed by atoms with E-state index >= 15 is 0 Å². The summed E-state index contributed by atoms with van der Waals surface area (Å²) >= 11 is 0. The predicted octanol–water partition coefficient (Wildman–Crippen LogP) is 4.88. The fourth-order valence-corrected chi connectivity index (χ4v) is 2.73. The van der Waals surface area contributed by atoms with Gasteiger partial charge in [-0.3, -0.25) is 4.79 Å². The summed E-state index contributed by atoms with van der Waals surface area (Å²) < 4.78 is 5.62. The standard InChI is InChI=1S/C22H24N4O2/c1-14(2)28-19-10-8-18(9-11-19)25-22-23-12-17(13-24-22)21(27)26-20-15(3)6-5-7-16(20)4/h5-14H,1-4H3,(H,26,27)(H,23,24,25). The SMILES string of the molecule is Cc1cccc(C)c1NC(=O)c1cnc(Nc2ccc(OC(C)C)cc2)nc1. The van der Waals surface area contributed by atoms with E-state index in [4.69, 9.17) is 4.74 Å². The number of anilines is 3. The number of rotatable bonds is 6. The molecule has 0 unspecified atom stereocenters. The second-order valence-electron chi connectivity index (χ2n) is 6.83. The maximum atomic E-state index is 12.5. The van der Waals surface area contributed by atoms with Crippen LogP contribution in [0.1, 0.15) is 35.3 Å². The molecule has 6 nitrogen and oxygen atoms in total. The van der Waals surface area contributed by atoms with Crippen LogP contribution in [0, 0.1) is 13.8 Å². The topological polar surface area (TPSA) is 76.1 Å². The van der Waals surface area contributed by atoms with Crippen LogP contribution in [-0.2, 0) is 0 Å². The zero-order valence-electron chi connectivity index (χ0n) is 16.5. The molecule has 0 bridgehead atoms. The number of carbonyl (C=O) groups excluding carboxylic acids is 1. The van der Waals surface area contributed by atoms with Crippen molar-refractivity contribution in [3.05, 3.63) is 71.5 Å². The van der Waals surface area contributed by atoms with Crippen molar-refractivity contribution in [2.75, 3.05) is 10.6 Å². The Hall–Kier alpha value is -3.41. The predicted molar refractivity (Wildman–Crippen MR) is 111 cm³/mol. The minimum absolute atomic E-state index is 0.129. The third kappa shape index (κ3) is 4.85. The Kier molecular flexibility index (Phi) is 5.89. The molecule has 144 valence electrons. The van der Waals surface area contributed by atoms with Crippen molar-refractivity contribution in [3.8, 4) is 5.75 Å². The fourth-order valence-electron chi connectivity index (χ4n) is 2.73. The molecular formula is C22H24N4O2. The van der Waals surface area contributed by atoms with Crippen LogP contribution in [0.3, 0.4) is 0 Å². The number of aryl methyl sites for hydroxylation is 2. The molecule has 1 aromatic heterocycles. The van der Waals surface area contributed by atoms with E-state index < -0.39 is 0 Å². The average molecular weight is 376 g/mol. The van der Waals surface area contributed by atoms with Crippen LogP contribution in [0.2, 0.25) is 0 Å². The number of nitrogens with zero attached hydrogens (tertiary/aromatic N) is 2. The zero-order chi connectivity index (χ0) is 20.1. The van der Waals surface area contributed by atoms with Crippen LogP contribution in [0.15, 0.2) is 54.9 Å². The molecule has 3 aromatic rings. The van der Waals surface area contributed by atoms with Gasteiger partial charge >= 0.3 is 0 Å². The lowest BCUT2D eigenvalue weighted by molar-refractivity contribution is 0.102. The zero-order valence-corrected chi connectivity index (χ0v) is 16.5. The van der Waals surface area contributed by atoms with E-state index in [2.05, 4.69) is 20.6 Å². The largest absolute Gasteiger partial charge is 0.491 e. The monoisotopic (exact) mass is 376 g/mol. The molecular weight excluding hydrogens is 352 g/mol. The second kappa shape index (κ2) is 8.52. The lowest BCUT2D eigenvalue weighted by atomic mass is 10.1. The quantitative estimate of drug-likeness (QED) is 0.641. The molecule has 6 heteroatoms. The Morgan fingerprint density at radius 3 is 2.14 bits per heavy atom. The molecule has 3 rings (SSSR count). The van der Waals surface area contributed by atoms with Crippen molar-refractivity contribution in [2.24, 2.45) is 0 Å². The van der Waals surface area contributed by atoms with Gasteiger partial charge in [-0.1, -0.05) is 18.2 Å². The van der Waals surface area contributed by atoms with E-state index in [0.717, 1.165) is 28.3 Å². The van der Waals surface area contributed by atoms with Gasteiger partial charge in [0, 0.05) is 23.8 Å². The fraction of sp³-hybridized carbons (Fsp3) is 0.227. The van der Waals surface area contributed by atoms with Gasteiger partial charge in [-0.25, -0.2) is 9.97 Å². The molecule has 2 aromatic carbocycles. The highest BCUT2D eigenvalue weighted by molar-refractivity contribution is 6.04. The molecule has 0 fully saturated rings. The van der Waals surface area contributed by atoms with Gasteiger partial charge in [0.25, 0.3) is 5.91 Å². The minimum atomic E-state index is -0.237. The number of nitrogens with one attached hydrogen (secondary N) is 2. The maximum Gasteiger partial charge on any atom is 0.258 e. The minimum Gasteiger partial charge on any atom is -0.491 e. The number of hydrogen-bond acceptors (Lipinski definition) is 5. The lowest BCUT2D eigenvalue weighted by Crippen LogP contribution is -2.14. The summed E-state index contributed by atoms with van der Waals surface area (Å²) in [6.45, 7) is 7.89. The third-order valence-corrected chi connectivity index (χ3v) is 4.12. The molecule has 0 aliphatic heterocycles. The Labute approximate surface area is 165 Å². The summed E-state index contributed by atoms with van der Waals surface area (Å²) in [6.07, 6.45) is 3.15. The maximum absolute atomic E-state index is 12.5. The van der Waals surface area contributed by atoms with Gasteiger partial charge in [-0.15, -0.1) is 0 Å².